The van der Waals surface area contributed by atoms with E-state index in [9.17, 15) is 0 Å². The van der Waals surface area contributed by atoms with Crippen molar-refractivity contribution in [3.63, 3.8) is 0 Å². The van der Waals surface area contributed by atoms with Gasteiger partial charge in [0.15, 0.2) is 0 Å². The first-order valence-electron chi connectivity index (χ1n) is 5.06. The van der Waals surface area contributed by atoms with Gasteiger partial charge in [-0.1, -0.05) is 6.92 Å². The van der Waals surface area contributed by atoms with Gasteiger partial charge < -0.3 is 9.15 Å². The fourth-order valence-corrected chi connectivity index (χ4v) is 1.96. The van der Waals surface area contributed by atoms with Crippen LogP contribution in [0.25, 0.3) is 0 Å². The minimum absolute atomic E-state index is 0.596. The Balaban J connectivity index is 2.13. The molecule has 0 N–H and O–H groups in total. The summed E-state index contributed by atoms with van der Waals surface area (Å²) in [6, 6.07) is 2.09. The van der Waals surface area contributed by atoms with E-state index in [1.165, 1.54) is 11.3 Å². The summed E-state index contributed by atoms with van der Waals surface area (Å²) < 4.78 is 10.9. The summed E-state index contributed by atoms with van der Waals surface area (Å²) in [5.41, 5.74) is 1.37. The zero-order valence-corrected chi connectivity index (χ0v) is 8.08. The van der Waals surface area contributed by atoms with Gasteiger partial charge in [0, 0.05) is 19.1 Å². The van der Waals surface area contributed by atoms with Crippen LogP contribution in [0.4, 0.5) is 0 Å². The molecule has 2 heterocycles. The lowest BCUT2D eigenvalue weighted by atomic mass is 9.94. The highest BCUT2D eigenvalue weighted by atomic mass is 16.5. The van der Waals surface area contributed by atoms with Crippen LogP contribution in [-0.4, -0.2) is 13.2 Å². The minimum Gasteiger partial charge on any atom is -0.469 e. The standard InChI is InChI=1S/C11H16O2/c1-2-9-5-8-13-11(9)10-3-6-12-7-4-10/h5,8,10H,2-4,6-7H2,1H3. The molecule has 0 unspecified atom stereocenters. The van der Waals surface area contributed by atoms with Crippen LogP contribution in [0.15, 0.2) is 16.7 Å². The average Bonchev–Trinajstić information content (AvgIpc) is 2.67. The van der Waals surface area contributed by atoms with Crippen LogP contribution in [0.1, 0.15) is 37.0 Å². The van der Waals surface area contributed by atoms with Gasteiger partial charge in [-0.15, -0.1) is 0 Å². The molecule has 1 fully saturated rings. The van der Waals surface area contributed by atoms with Crippen LogP contribution in [0.2, 0.25) is 0 Å². The van der Waals surface area contributed by atoms with Gasteiger partial charge in [-0.25, -0.2) is 0 Å². The van der Waals surface area contributed by atoms with Gasteiger partial charge in [0.05, 0.1) is 6.26 Å². The van der Waals surface area contributed by atoms with Crippen molar-refractivity contribution in [3.8, 4) is 0 Å². The second-order valence-corrected chi connectivity index (χ2v) is 3.55. The largest absolute Gasteiger partial charge is 0.469 e. The van der Waals surface area contributed by atoms with E-state index in [4.69, 9.17) is 9.15 Å². The van der Waals surface area contributed by atoms with E-state index in [0.29, 0.717) is 5.92 Å². The van der Waals surface area contributed by atoms with Crippen LogP contribution in [0, 0.1) is 0 Å². The highest BCUT2D eigenvalue weighted by molar-refractivity contribution is 5.20. The lowest BCUT2D eigenvalue weighted by Gasteiger charge is -2.20. The minimum atomic E-state index is 0.596. The molecule has 0 aliphatic carbocycles. The molecule has 2 heteroatoms. The topological polar surface area (TPSA) is 22.4 Å². The van der Waals surface area contributed by atoms with Crippen LogP contribution < -0.4 is 0 Å². The van der Waals surface area contributed by atoms with E-state index in [-0.39, 0.29) is 0 Å². The van der Waals surface area contributed by atoms with Gasteiger partial charge >= 0.3 is 0 Å². The van der Waals surface area contributed by atoms with Gasteiger partial charge in [-0.2, -0.15) is 0 Å². The summed E-state index contributed by atoms with van der Waals surface area (Å²) in [6.07, 6.45) is 5.11. The predicted octanol–water partition coefficient (Wildman–Crippen LogP) is 2.74. The highest BCUT2D eigenvalue weighted by Gasteiger charge is 2.20. The Morgan fingerprint density at radius 3 is 2.85 bits per heavy atom. The van der Waals surface area contributed by atoms with Crippen LogP contribution in [0.3, 0.4) is 0 Å². The van der Waals surface area contributed by atoms with E-state index in [2.05, 4.69) is 13.0 Å². The van der Waals surface area contributed by atoms with E-state index < -0.39 is 0 Å². The van der Waals surface area contributed by atoms with Crippen molar-refractivity contribution in [1.82, 2.24) is 0 Å². The normalized spacial score (nSPS) is 19.2. The van der Waals surface area contributed by atoms with Crippen LogP contribution in [0.5, 0.6) is 0 Å². The molecular weight excluding hydrogens is 164 g/mol. The molecule has 0 aromatic carbocycles. The lowest BCUT2D eigenvalue weighted by molar-refractivity contribution is 0.0804. The quantitative estimate of drug-likeness (QED) is 0.698. The van der Waals surface area contributed by atoms with Crippen molar-refractivity contribution < 1.29 is 9.15 Å². The predicted molar refractivity (Wildman–Crippen MR) is 50.9 cm³/mol. The summed E-state index contributed by atoms with van der Waals surface area (Å²) in [4.78, 5) is 0. The monoisotopic (exact) mass is 180 g/mol. The van der Waals surface area contributed by atoms with Crippen LogP contribution in [-0.2, 0) is 11.2 Å². The maximum atomic E-state index is 5.54. The molecule has 0 amide bonds. The smallest absolute Gasteiger partial charge is 0.110 e. The van der Waals surface area contributed by atoms with Crippen molar-refractivity contribution in [2.75, 3.05) is 13.2 Å². The second kappa shape index (κ2) is 3.97. The Morgan fingerprint density at radius 2 is 2.15 bits per heavy atom. The van der Waals surface area contributed by atoms with Gasteiger partial charge in [0.1, 0.15) is 5.76 Å². The Kier molecular flexibility index (Phi) is 2.69. The molecule has 1 saturated heterocycles. The van der Waals surface area contributed by atoms with Crippen molar-refractivity contribution in [2.45, 2.75) is 32.1 Å². The van der Waals surface area contributed by atoms with E-state index in [1.807, 2.05) is 6.26 Å². The van der Waals surface area contributed by atoms with E-state index >= 15 is 0 Å². The lowest BCUT2D eigenvalue weighted by Crippen LogP contribution is -2.14. The first kappa shape index (κ1) is 8.82. The summed E-state index contributed by atoms with van der Waals surface area (Å²) in [5.74, 6) is 1.80. The maximum Gasteiger partial charge on any atom is 0.110 e. The molecule has 1 aliphatic heterocycles. The van der Waals surface area contributed by atoms with Crippen LogP contribution >= 0.6 is 0 Å². The molecular formula is C11H16O2. The Hall–Kier alpha value is -0.760. The van der Waals surface area contributed by atoms with E-state index in [1.54, 1.807) is 0 Å². The van der Waals surface area contributed by atoms with Gasteiger partial charge in [-0.05, 0) is 30.9 Å². The third-order valence-corrected chi connectivity index (χ3v) is 2.75. The number of aryl methyl sites for hydroxylation is 1. The van der Waals surface area contributed by atoms with Gasteiger partial charge in [0.25, 0.3) is 0 Å². The molecule has 2 nitrogen and oxygen atoms in total. The fourth-order valence-electron chi connectivity index (χ4n) is 1.96. The summed E-state index contributed by atoms with van der Waals surface area (Å²) in [6.45, 7) is 3.94. The number of ether oxygens (including phenoxy) is 1. The van der Waals surface area contributed by atoms with Gasteiger partial charge in [0.2, 0.25) is 0 Å². The molecule has 72 valence electrons. The maximum absolute atomic E-state index is 5.54. The molecule has 0 spiro atoms. The third kappa shape index (κ3) is 1.78. The molecule has 0 saturated carbocycles. The highest BCUT2D eigenvalue weighted by Crippen LogP contribution is 2.30. The third-order valence-electron chi connectivity index (χ3n) is 2.75. The first-order valence-corrected chi connectivity index (χ1v) is 5.06. The zero-order valence-electron chi connectivity index (χ0n) is 8.08. The van der Waals surface area contributed by atoms with Crippen molar-refractivity contribution in [2.24, 2.45) is 0 Å². The number of hydrogen-bond acceptors (Lipinski definition) is 2. The zero-order chi connectivity index (χ0) is 9.10. The molecule has 0 atom stereocenters. The Bertz CT molecular complexity index is 259. The number of rotatable bonds is 2. The van der Waals surface area contributed by atoms with Crippen molar-refractivity contribution >= 4 is 0 Å². The Morgan fingerprint density at radius 1 is 1.38 bits per heavy atom. The molecule has 13 heavy (non-hydrogen) atoms. The summed E-state index contributed by atoms with van der Waals surface area (Å²) in [5, 5.41) is 0. The number of hydrogen-bond donors (Lipinski definition) is 0. The molecule has 0 bridgehead atoms. The first-order chi connectivity index (χ1) is 6.42. The van der Waals surface area contributed by atoms with Gasteiger partial charge in [-0.3, -0.25) is 0 Å². The molecule has 1 aromatic heterocycles. The Labute approximate surface area is 78.9 Å². The summed E-state index contributed by atoms with van der Waals surface area (Å²) in [7, 11) is 0. The van der Waals surface area contributed by atoms with E-state index in [0.717, 1.165) is 32.5 Å². The van der Waals surface area contributed by atoms with Crippen molar-refractivity contribution in [1.29, 1.82) is 0 Å². The van der Waals surface area contributed by atoms with Crippen molar-refractivity contribution in [3.05, 3.63) is 23.7 Å². The second-order valence-electron chi connectivity index (χ2n) is 3.55. The number of furan rings is 1. The molecule has 1 aliphatic rings. The fraction of sp³-hybridized carbons (Fsp3) is 0.636. The molecule has 0 radical (unpaired) electrons. The molecule has 1 aromatic rings. The SMILES string of the molecule is CCc1ccoc1C1CCOCC1. The summed E-state index contributed by atoms with van der Waals surface area (Å²) >= 11 is 0. The molecule has 2 rings (SSSR count). The average molecular weight is 180 g/mol.